The van der Waals surface area contributed by atoms with Crippen LogP contribution in [-0.2, 0) is 0 Å². The van der Waals surface area contributed by atoms with E-state index in [1.165, 1.54) is 0 Å². The molecule has 0 amide bonds. The molecular weight excluding hydrogens is 440 g/mol. The molecule has 172 valence electrons. The number of nitrogens with one attached hydrogen (secondary N) is 2. The molecule has 0 unspecified atom stereocenters. The Hall–Kier alpha value is -3.27. The third kappa shape index (κ3) is 6.38. The van der Waals surface area contributed by atoms with Crippen LogP contribution in [0.15, 0.2) is 36.4 Å². The summed E-state index contributed by atoms with van der Waals surface area (Å²) in [5.74, 6) is 2.18. The topological polar surface area (TPSA) is 106 Å². The van der Waals surface area contributed by atoms with Gasteiger partial charge in [-0.1, -0.05) is 35.9 Å². The predicted molar refractivity (Wildman–Crippen MR) is 133 cm³/mol. The van der Waals surface area contributed by atoms with Crippen LogP contribution in [-0.4, -0.2) is 74.5 Å². The lowest BCUT2D eigenvalue weighted by Crippen LogP contribution is -2.47. The molecule has 33 heavy (non-hydrogen) atoms. The number of β-amino-alcohol motifs (C(OH)–C–C–N with tert-alkyl or cyclic N) is 1. The number of aliphatic hydroxyl groups is 1. The average molecular weight is 467 g/mol. The van der Waals surface area contributed by atoms with Crippen LogP contribution in [0.2, 0.25) is 5.02 Å². The monoisotopic (exact) mass is 466 g/mol. The van der Waals surface area contributed by atoms with E-state index in [0.717, 1.165) is 37.4 Å². The standard InChI is InChI=1S/C23H27ClN8O/c1-2-4-19-16-21(30-29-19)26-22-25-20(8-7-17-5-3-6-18(24)15-17)27-23(28-22)32-11-9-31(10-12-32)13-14-33/h2-8,15-16,33H,9-14H2,1H3,(H2,25,26,27,28,29,30)/b4-2+,8-7+. The Labute approximate surface area is 197 Å². The summed E-state index contributed by atoms with van der Waals surface area (Å²) in [6, 6.07) is 9.48. The Bertz CT molecular complexity index is 1120. The maximum Gasteiger partial charge on any atom is 0.233 e. The smallest absolute Gasteiger partial charge is 0.233 e. The molecule has 1 aliphatic heterocycles. The number of piperazine rings is 1. The molecule has 1 aliphatic rings. The highest BCUT2D eigenvalue weighted by molar-refractivity contribution is 6.30. The molecule has 0 bridgehead atoms. The molecule has 2 aromatic heterocycles. The number of rotatable bonds is 8. The number of aliphatic hydroxyl groups excluding tert-OH is 1. The summed E-state index contributed by atoms with van der Waals surface area (Å²) in [4.78, 5) is 18.2. The van der Waals surface area contributed by atoms with Crippen molar-refractivity contribution in [2.24, 2.45) is 0 Å². The summed E-state index contributed by atoms with van der Waals surface area (Å²) in [5, 5.41) is 20.3. The van der Waals surface area contributed by atoms with Crippen LogP contribution in [0.3, 0.4) is 0 Å². The van der Waals surface area contributed by atoms with Gasteiger partial charge < -0.3 is 15.3 Å². The molecule has 3 N–H and O–H groups in total. The Morgan fingerprint density at radius 1 is 1.09 bits per heavy atom. The molecular formula is C23H27ClN8O. The number of benzene rings is 1. The number of allylic oxidation sites excluding steroid dienone is 1. The first-order valence-corrected chi connectivity index (χ1v) is 11.2. The Morgan fingerprint density at radius 3 is 2.70 bits per heavy atom. The van der Waals surface area contributed by atoms with Crippen LogP contribution in [0, 0.1) is 0 Å². The van der Waals surface area contributed by atoms with Gasteiger partial charge in [0.1, 0.15) is 0 Å². The number of aromatic nitrogens is 5. The second-order valence-corrected chi connectivity index (χ2v) is 8.03. The lowest BCUT2D eigenvalue weighted by atomic mass is 10.2. The second-order valence-electron chi connectivity index (χ2n) is 7.59. The molecule has 3 heterocycles. The van der Waals surface area contributed by atoms with Crippen molar-refractivity contribution in [3.05, 3.63) is 58.5 Å². The Balaban J connectivity index is 1.59. The van der Waals surface area contributed by atoms with Gasteiger partial charge in [0.15, 0.2) is 11.6 Å². The van der Waals surface area contributed by atoms with Gasteiger partial charge in [0, 0.05) is 43.8 Å². The second kappa shape index (κ2) is 11.0. The van der Waals surface area contributed by atoms with E-state index in [2.05, 4.69) is 40.3 Å². The van der Waals surface area contributed by atoms with Crippen LogP contribution in [0.1, 0.15) is 24.0 Å². The van der Waals surface area contributed by atoms with E-state index in [-0.39, 0.29) is 6.61 Å². The van der Waals surface area contributed by atoms with E-state index in [9.17, 15) is 5.11 Å². The zero-order valence-corrected chi connectivity index (χ0v) is 19.2. The fourth-order valence-electron chi connectivity index (χ4n) is 3.53. The number of aromatic amines is 1. The number of hydrogen-bond donors (Lipinski definition) is 3. The highest BCUT2D eigenvalue weighted by Gasteiger charge is 2.20. The molecule has 0 radical (unpaired) electrons. The fourth-order valence-corrected chi connectivity index (χ4v) is 3.73. The van der Waals surface area contributed by atoms with Crippen LogP contribution in [0.5, 0.6) is 0 Å². The van der Waals surface area contributed by atoms with Gasteiger partial charge in [0.25, 0.3) is 0 Å². The maximum atomic E-state index is 9.19. The molecule has 1 aromatic carbocycles. The molecule has 1 fully saturated rings. The van der Waals surface area contributed by atoms with Gasteiger partial charge in [-0.25, -0.2) is 0 Å². The van der Waals surface area contributed by atoms with E-state index in [1.807, 2.05) is 61.6 Å². The number of hydrogen-bond acceptors (Lipinski definition) is 8. The summed E-state index contributed by atoms with van der Waals surface area (Å²) in [5.41, 5.74) is 1.84. The van der Waals surface area contributed by atoms with E-state index < -0.39 is 0 Å². The summed E-state index contributed by atoms with van der Waals surface area (Å²) in [6.07, 6.45) is 7.64. The number of anilines is 3. The van der Waals surface area contributed by atoms with Crippen molar-refractivity contribution in [2.75, 3.05) is 49.5 Å². The highest BCUT2D eigenvalue weighted by atomic mass is 35.5. The van der Waals surface area contributed by atoms with Crippen molar-refractivity contribution < 1.29 is 5.11 Å². The Morgan fingerprint density at radius 2 is 1.94 bits per heavy atom. The predicted octanol–water partition coefficient (Wildman–Crippen LogP) is 3.31. The molecule has 9 nitrogen and oxygen atoms in total. The molecule has 0 atom stereocenters. The summed E-state index contributed by atoms with van der Waals surface area (Å²) in [7, 11) is 0. The quantitative estimate of drug-likeness (QED) is 0.464. The Kier molecular flexibility index (Phi) is 7.66. The zero-order valence-electron chi connectivity index (χ0n) is 18.4. The SMILES string of the molecule is C/C=C/c1cc(Nc2nc(/C=C/c3cccc(Cl)c3)nc(N3CCN(CCO)CC3)n2)n[nH]1. The van der Waals surface area contributed by atoms with Gasteiger partial charge in [-0.05, 0) is 36.8 Å². The van der Waals surface area contributed by atoms with Gasteiger partial charge in [-0.3, -0.25) is 10.00 Å². The van der Waals surface area contributed by atoms with Crippen molar-refractivity contribution >= 4 is 47.5 Å². The number of nitrogens with zero attached hydrogens (tertiary/aromatic N) is 6. The lowest BCUT2D eigenvalue weighted by molar-refractivity contribution is 0.188. The zero-order chi connectivity index (χ0) is 23.0. The summed E-state index contributed by atoms with van der Waals surface area (Å²) >= 11 is 6.10. The van der Waals surface area contributed by atoms with Crippen LogP contribution >= 0.6 is 11.6 Å². The third-order valence-electron chi connectivity index (χ3n) is 5.17. The maximum absolute atomic E-state index is 9.19. The minimum atomic E-state index is 0.164. The van der Waals surface area contributed by atoms with E-state index in [4.69, 9.17) is 11.6 Å². The van der Waals surface area contributed by atoms with Crippen LogP contribution < -0.4 is 10.2 Å². The van der Waals surface area contributed by atoms with E-state index in [1.54, 1.807) is 0 Å². The molecule has 0 saturated carbocycles. The van der Waals surface area contributed by atoms with Gasteiger partial charge in [0.05, 0.1) is 12.3 Å². The normalized spacial score (nSPS) is 15.1. The van der Waals surface area contributed by atoms with Gasteiger partial charge in [0.2, 0.25) is 11.9 Å². The molecule has 10 heteroatoms. The highest BCUT2D eigenvalue weighted by Crippen LogP contribution is 2.19. The van der Waals surface area contributed by atoms with Crippen molar-refractivity contribution in [3.63, 3.8) is 0 Å². The number of halogens is 1. The van der Waals surface area contributed by atoms with Crippen molar-refractivity contribution in [2.45, 2.75) is 6.92 Å². The van der Waals surface area contributed by atoms with E-state index >= 15 is 0 Å². The largest absolute Gasteiger partial charge is 0.395 e. The minimum Gasteiger partial charge on any atom is -0.395 e. The van der Waals surface area contributed by atoms with Crippen molar-refractivity contribution in [3.8, 4) is 0 Å². The lowest BCUT2D eigenvalue weighted by Gasteiger charge is -2.34. The molecule has 3 aromatic rings. The first-order valence-electron chi connectivity index (χ1n) is 10.9. The van der Waals surface area contributed by atoms with Crippen molar-refractivity contribution in [1.82, 2.24) is 30.0 Å². The van der Waals surface area contributed by atoms with Crippen LogP contribution in [0.25, 0.3) is 18.2 Å². The third-order valence-corrected chi connectivity index (χ3v) is 5.40. The molecule has 0 aliphatic carbocycles. The van der Waals surface area contributed by atoms with Crippen LogP contribution in [0.4, 0.5) is 17.7 Å². The average Bonchev–Trinajstić information content (AvgIpc) is 3.25. The van der Waals surface area contributed by atoms with Gasteiger partial charge >= 0.3 is 0 Å². The summed E-state index contributed by atoms with van der Waals surface area (Å²) in [6.45, 7) is 6.02. The van der Waals surface area contributed by atoms with Gasteiger partial charge in [-0.2, -0.15) is 20.1 Å². The first kappa shape index (κ1) is 22.9. The van der Waals surface area contributed by atoms with Crippen molar-refractivity contribution in [1.29, 1.82) is 0 Å². The fraction of sp³-hybridized carbons (Fsp3) is 0.304. The minimum absolute atomic E-state index is 0.164. The van der Waals surface area contributed by atoms with Gasteiger partial charge in [-0.15, -0.1) is 0 Å². The summed E-state index contributed by atoms with van der Waals surface area (Å²) < 4.78 is 0. The molecule has 1 saturated heterocycles. The molecule has 0 spiro atoms. The molecule has 4 rings (SSSR count). The first-order chi connectivity index (χ1) is 16.1. The number of H-pyrrole nitrogens is 1. The van der Waals surface area contributed by atoms with E-state index in [0.29, 0.717) is 35.1 Å².